The molecule has 7 heteroatoms. The summed E-state index contributed by atoms with van der Waals surface area (Å²) in [6.07, 6.45) is 1.93. The number of nitrogen functional groups attached to an aromatic ring is 1. The smallest absolute Gasteiger partial charge is 0.240 e. The number of nitrogens with two attached hydrogens (primary N) is 1. The van der Waals surface area contributed by atoms with Crippen LogP contribution in [-0.4, -0.2) is 28.7 Å². The van der Waals surface area contributed by atoms with E-state index in [1.54, 1.807) is 11.3 Å². The van der Waals surface area contributed by atoms with Gasteiger partial charge in [-0.05, 0) is 31.2 Å². The summed E-state index contributed by atoms with van der Waals surface area (Å²) in [6, 6.07) is 2.03. The van der Waals surface area contributed by atoms with Gasteiger partial charge in [-0.25, -0.2) is 10.8 Å². The quantitative estimate of drug-likeness (QED) is 0.588. The lowest BCUT2D eigenvalue weighted by Gasteiger charge is -2.35. The van der Waals surface area contributed by atoms with Crippen molar-refractivity contribution in [2.75, 3.05) is 24.0 Å². The monoisotopic (exact) mass is 279 g/mol. The molecular weight excluding hydrogens is 262 g/mol. The molecule has 3 heterocycles. The molecule has 4 N–H and O–H groups in total. The fourth-order valence-corrected chi connectivity index (χ4v) is 3.01. The van der Waals surface area contributed by atoms with Crippen molar-refractivity contribution >= 4 is 33.3 Å². The van der Waals surface area contributed by atoms with E-state index in [1.165, 1.54) is 0 Å². The second kappa shape index (κ2) is 4.92. The minimum Gasteiger partial charge on any atom is -0.381 e. The average Bonchev–Trinajstić information content (AvgIpc) is 2.87. The molecule has 0 unspecified atom stereocenters. The van der Waals surface area contributed by atoms with Crippen LogP contribution in [0.25, 0.3) is 10.2 Å². The molecule has 1 fully saturated rings. The fourth-order valence-electron chi connectivity index (χ4n) is 2.25. The third kappa shape index (κ3) is 2.49. The highest BCUT2D eigenvalue weighted by Gasteiger charge is 2.28. The summed E-state index contributed by atoms with van der Waals surface area (Å²) < 4.78 is 5.42. The minimum absolute atomic E-state index is 0.00728. The van der Waals surface area contributed by atoms with Gasteiger partial charge in [-0.15, -0.1) is 11.3 Å². The van der Waals surface area contributed by atoms with Crippen LogP contribution in [0.4, 0.5) is 11.8 Å². The molecule has 102 valence electrons. The molecule has 6 nitrogen and oxygen atoms in total. The Balaban J connectivity index is 1.96. The topological polar surface area (TPSA) is 85.1 Å². The van der Waals surface area contributed by atoms with Crippen LogP contribution in [0.15, 0.2) is 11.4 Å². The van der Waals surface area contributed by atoms with Gasteiger partial charge >= 0.3 is 0 Å². The van der Waals surface area contributed by atoms with Gasteiger partial charge < -0.3 is 10.1 Å². The molecule has 2 aromatic rings. The van der Waals surface area contributed by atoms with E-state index in [4.69, 9.17) is 10.6 Å². The normalized spacial score (nSPS) is 18.4. The maximum atomic E-state index is 5.43. The number of hydrogen-bond acceptors (Lipinski definition) is 7. The molecule has 0 atom stereocenters. The van der Waals surface area contributed by atoms with Crippen LogP contribution in [0.2, 0.25) is 0 Å². The summed E-state index contributed by atoms with van der Waals surface area (Å²) in [5.41, 5.74) is 2.53. The van der Waals surface area contributed by atoms with E-state index in [0.717, 1.165) is 42.1 Å². The van der Waals surface area contributed by atoms with E-state index >= 15 is 0 Å². The first-order valence-corrected chi connectivity index (χ1v) is 7.16. The zero-order valence-electron chi connectivity index (χ0n) is 10.8. The molecule has 1 aliphatic heterocycles. The van der Waals surface area contributed by atoms with Gasteiger partial charge in [0.1, 0.15) is 10.6 Å². The van der Waals surface area contributed by atoms with Crippen molar-refractivity contribution < 1.29 is 4.74 Å². The molecule has 3 rings (SSSR count). The highest BCUT2D eigenvalue weighted by Crippen LogP contribution is 2.31. The zero-order valence-corrected chi connectivity index (χ0v) is 11.6. The fraction of sp³-hybridized carbons (Fsp3) is 0.500. The highest BCUT2D eigenvalue weighted by molar-refractivity contribution is 7.16. The summed E-state index contributed by atoms with van der Waals surface area (Å²) in [7, 11) is 0. The Morgan fingerprint density at radius 1 is 1.37 bits per heavy atom. The average molecular weight is 279 g/mol. The Morgan fingerprint density at radius 2 is 2.16 bits per heavy atom. The maximum absolute atomic E-state index is 5.43. The van der Waals surface area contributed by atoms with E-state index in [9.17, 15) is 0 Å². The third-order valence-electron chi connectivity index (χ3n) is 3.47. The largest absolute Gasteiger partial charge is 0.381 e. The summed E-state index contributed by atoms with van der Waals surface area (Å²) >= 11 is 1.58. The Kier molecular flexibility index (Phi) is 3.26. The van der Waals surface area contributed by atoms with Crippen molar-refractivity contribution in [2.24, 2.45) is 5.84 Å². The Bertz CT molecular complexity index is 579. The lowest BCUT2D eigenvalue weighted by molar-refractivity contribution is 0.0657. The molecular formula is C12H17N5OS. The van der Waals surface area contributed by atoms with Gasteiger partial charge in [0.05, 0.1) is 5.39 Å². The summed E-state index contributed by atoms with van der Waals surface area (Å²) in [5.74, 6) is 6.70. The van der Waals surface area contributed by atoms with Crippen molar-refractivity contribution in [3.05, 3.63) is 11.4 Å². The van der Waals surface area contributed by atoms with Gasteiger partial charge in [-0.2, -0.15) is 4.98 Å². The summed E-state index contributed by atoms with van der Waals surface area (Å²) in [5, 5.41) is 6.59. The lowest BCUT2D eigenvalue weighted by atomic mass is 9.92. The van der Waals surface area contributed by atoms with Crippen molar-refractivity contribution in [3.8, 4) is 0 Å². The molecule has 0 spiro atoms. The molecule has 0 bridgehead atoms. The van der Waals surface area contributed by atoms with Gasteiger partial charge in [0.25, 0.3) is 0 Å². The van der Waals surface area contributed by atoms with Gasteiger partial charge in [0, 0.05) is 18.8 Å². The molecule has 0 aliphatic carbocycles. The second-order valence-corrected chi connectivity index (χ2v) is 5.87. The third-order valence-corrected chi connectivity index (χ3v) is 4.28. The molecule has 1 saturated heterocycles. The summed E-state index contributed by atoms with van der Waals surface area (Å²) in [4.78, 5) is 9.71. The van der Waals surface area contributed by atoms with E-state index < -0.39 is 0 Å². The van der Waals surface area contributed by atoms with Crippen LogP contribution in [0, 0.1) is 0 Å². The van der Waals surface area contributed by atoms with Crippen LogP contribution in [0.1, 0.15) is 19.8 Å². The number of hydrogen-bond donors (Lipinski definition) is 3. The number of nitrogens with zero attached hydrogens (tertiary/aromatic N) is 2. The number of hydrazine groups is 1. The van der Waals surface area contributed by atoms with Gasteiger partial charge in [0.15, 0.2) is 0 Å². The standard InChI is InChI=1S/C12H17N5OS/c1-12(3-5-18-6-4-12)16-9-8-2-7-19-10(8)15-11(14-9)17-13/h2,7H,3-6,13H2,1H3,(H2,14,15,16,17). The number of ether oxygens (including phenoxy) is 1. The molecule has 19 heavy (non-hydrogen) atoms. The highest BCUT2D eigenvalue weighted by atomic mass is 32.1. The SMILES string of the molecule is CC1(Nc2nc(NN)nc3sccc23)CCOCC1. The zero-order chi connectivity index (χ0) is 13.3. The van der Waals surface area contributed by atoms with Gasteiger partial charge in [-0.1, -0.05) is 0 Å². The van der Waals surface area contributed by atoms with Crippen molar-refractivity contribution in [1.29, 1.82) is 0 Å². The number of thiophene rings is 1. The molecule has 2 aromatic heterocycles. The van der Waals surface area contributed by atoms with E-state index in [-0.39, 0.29) is 5.54 Å². The lowest BCUT2D eigenvalue weighted by Crippen LogP contribution is -2.41. The van der Waals surface area contributed by atoms with Crippen LogP contribution < -0.4 is 16.6 Å². The number of anilines is 2. The number of rotatable bonds is 3. The first-order chi connectivity index (χ1) is 9.20. The van der Waals surface area contributed by atoms with Crippen LogP contribution in [0.3, 0.4) is 0 Å². The first-order valence-electron chi connectivity index (χ1n) is 6.28. The first kappa shape index (κ1) is 12.6. The van der Waals surface area contributed by atoms with Crippen molar-refractivity contribution in [2.45, 2.75) is 25.3 Å². The molecule has 0 radical (unpaired) electrons. The number of fused-ring (bicyclic) bond motifs is 1. The van der Waals surface area contributed by atoms with Crippen molar-refractivity contribution in [1.82, 2.24) is 9.97 Å². The summed E-state index contributed by atoms with van der Waals surface area (Å²) in [6.45, 7) is 3.76. The molecule has 0 aromatic carbocycles. The molecule has 0 saturated carbocycles. The maximum Gasteiger partial charge on any atom is 0.240 e. The van der Waals surface area contributed by atoms with Crippen LogP contribution in [-0.2, 0) is 4.74 Å². The van der Waals surface area contributed by atoms with Crippen LogP contribution >= 0.6 is 11.3 Å². The minimum atomic E-state index is 0.00728. The second-order valence-electron chi connectivity index (χ2n) is 4.98. The van der Waals surface area contributed by atoms with E-state index in [2.05, 4.69) is 27.6 Å². The Hall–Kier alpha value is -1.44. The predicted octanol–water partition coefficient (Wildman–Crippen LogP) is 1.96. The van der Waals surface area contributed by atoms with Crippen molar-refractivity contribution in [3.63, 3.8) is 0 Å². The van der Waals surface area contributed by atoms with Crippen LogP contribution in [0.5, 0.6) is 0 Å². The molecule has 0 amide bonds. The van der Waals surface area contributed by atoms with Gasteiger partial charge in [-0.3, -0.25) is 5.43 Å². The Labute approximate surface area is 115 Å². The van der Waals surface area contributed by atoms with E-state index in [1.807, 2.05) is 11.4 Å². The molecule has 1 aliphatic rings. The van der Waals surface area contributed by atoms with Gasteiger partial charge in [0.2, 0.25) is 5.95 Å². The number of nitrogens with one attached hydrogen (secondary N) is 2. The predicted molar refractivity (Wildman–Crippen MR) is 77.3 cm³/mol. The van der Waals surface area contributed by atoms with E-state index in [0.29, 0.717) is 5.95 Å². The Morgan fingerprint density at radius 3 is 2.89 bits per heavy atom. The number of aromatic nitrogens is 2.